The van der Waals surface area contributed by atoms with Crippen LogP contribution in [0.1, 0.15) is 47.3 Å². The molecular formula is C18H25N3O2S. The molecule has 0 unspecified atom stereocenters. The number of rotatable bonds is 6. The molecule has 2 N–H and O–H groups in total. The number of nitrogens with one attached hydrogen (secondary N) is 2. The van der Waals surface area contributed by atoms with Crippen LogP contribution < -0.4 is 10.6 Å². The van der Waals surface area contributed by atoms with Gasteiger partial charge in [-0.3, -0.25) is 9.59 Å². The molecule has 0 bridgehead atoms. The third kappa shape index (κ3) is 3.64. The molecule has 5 nitrogen and oxygen atoms in total. The monoisotopic (exact) mass is 347 g/mol. The Morgan fingerprint density at radius 1 is 1.25 bits per heavy atom. The van der Waals surface area contributed by atoms with E-state index in [1.54, 1.807) is 0 Å². The predicted molar refractivity (Wildman–Crippen MR) is 95.4 cm³/mol. The molecule has 1 atom stereocenters. The number of carbonyl (C=O) groups is 2. The topological polar surface area (TPSA) is 61.4 Å². The molecule has 6 heteroatoms. The third-order valence-corrected chi connectivity index (χ3v) is 6.40. The molecule has 2 aliphatic carbocycles. The highest BCUT2D eigenvalue weighted by Crippen LogP contribution is 2.33. The lowest BCUT2D eigenvalue weighted by molar-refractivity contribution is -0.117. The van der Waals surface area contributed by atoms with E-state index < -0.39 is 0 Å². The van der Waals surface area contributed by atoms with Crippen LogP contribution in [0.25, 0.3) is 0 Å². The number of thiophene rings is 1. The van der Waals surface area contributed by atoms with Gasteiger partial charge in [-0.1, -0.05) is 0 Å². The summed E-state index contributed by atoms with van der Waals surface area (Å²) in [5.41, 5.74) is 0.939. The maximum absolute atomic E-state index is 12.5. The average Bonchev–Trinajstić information content (AvgIpc) is 3.48. The lowest BCUT2D eigenvalue weighted by Crippen LogP contribution is -2.31. The lowest BCUT2D eigenvalue weighted by atomic mass is 10.1. The molecule has 0 spiro atoms. The van der Waals surface area contributed by atoms with Gasteiger partial charge in [0.1, 0.15) is 0 Å². The summed E-state index contributed by atoms with van der Waals surface area (Å²) in [6.45, 7) is 4.99. The number of anilines is 1. The van der Waals surface area contributed by atoms with Gasteiger partial charge in [0, 0.05) is 25.0 Å². The standard InChI is InChI=1S/C18H25N3O2S/c1-11-8-15(20-17(22)13-2-3-13)24-16(11)18(23)19-9-12-6-7-21(10-12)14-4-5-14/h8,12-14H,2-7,9-10H2,1H3,(H,19,23)(H,20,22)/t12-/m1/s1. The fraction of sp³-hybridized carbons (Fsp3) is 0.667. The van der Waals surface area contributed by atoms with Crippen molar-refractivity contribution in [3.05, 3.63) is 16.5 Å². The molecule has 1 aromatic rings. The Hall–Kier alpha value is -1.40. The van der Waals surface area contributed by atoms with Gasteiger partial charge in [-0.25, -0.2) is 0 Å². The molecule has 3 aliphatic rings. The van der Waals surface area contributed by atoms with E-state index in [0.717, 1.165) is 47.4 Å². The van der Waals surface area contributed by atoms with E-state index in [0.29, 0.717) is 5.92 Å². The van der Waals surface area contributed by atoms with E-state index in [1.807, 2.05) is 13.0 Å². The Bertz CT molecular complexity index is 649. The largest absolute Gasteiger partial charge is 0.351 e. The fourth-order valence-corrected chi connectivity index (χ4v) is 4.45. The SMILES string of the molecule is Cc1cc(NC(=O)C2CC2)sc1C(=O)NC[C@H]1CCN(C2CC2)C1. The fourth-order valence-electron chi connectivity index (χ4n) is 3.46. The van der Waals surface area contributed by atoms with Crippen molar-refractivity contribution in [3.63, 3.8) is 0 Å². The van der Waals surface area contributed by atoms with Crippen molar-refractivity contribution in [2.45, 2.75) is 45.1 Å². The Morgan fingerprint density at radius 3 is 2.75 bits per heavy atom. The van der Waals surface area contributed by atoms with Crippen molar-refractivity contribution in [2.75, 3.05) is 25.0 Å². The number of amides is 2. The minimum Gasteiger partial charge on any atom is -0.351 e. The van der Waals surface area contributed by atoms with Crippen LogP contribution in [-0.4, -0.2) is 42.4 Å². The van der Waals surface area contributed by atoms with Gasteiger partial charge in [-0.05, 0) is 63.1 Å². The van der Waals surface area contributed by atoms with Gasteiger partial charge in [-0.15, -0.1) is 11.3 Å². The average molecular weight is 347 g/mol. The van der Waals surface area contributed by atoms with Crippen LogP contribution in [0.2, 0.25) is 0 Å². The minimum atomic E-state index is -0.00528. The van der Waals surface area contributed by atoms with Crippen LogP contribution in [0.3, 0.4) is 0 Å². The normalized spacial score (nSPS) is 24.1. The molecule has 2 amide bonds. The Morgan fingerprint density at radius 2 is 2.04 bits per heavy atom. The molecule has 1 aromatic heterocycles. The van der Waals surface area contributed by atoms with Crippen molar-refractivity contribution in [2.24, 2.45) is 11.8 Å². The van der Waals surface area contributed by atoms with Gasteiger partial charge in [0.15, 0.2) is 0 Å². The van der Waals surface area contributed by atoms with Crippen molar-refractivity contribution in [3.8, 4) is 0 Å². The first kappa shape index (κ1) is 16.1. The maximum Gasteiger partial charge on any atom is 0.261 e. The molecular weight excluding hydrogens is 322 g/mol. The van der Waals surface area contributed by atoms with E-state index in [-0.39, 0.29) is 17.7 Å². The van der Waals surface area contributed by atoms with Crippen LogP contribution in [0.5, 0.6) is 0 Å². The van der Waals surface area contributed by atoms with E-state index in [9.17, 15) is 9.59 Å². The highest BCUT2D eigenvalue weighted by molar-refractivity contribution is 7.18. The van der Waals surface area contributed by atoms with Crippen LogP contribution >= 0.6 is 11.3 Å². The molecule has 2 saturated carbocycles. The summed E-state index contributed by atoms with van der Waals surface area (Å²) in [5, 5.41) is 6.82. The lowest BCUT2D eigenvalue weighted by Gasteiger charge is -2.15. The summed E-state index contributed by atoms with van der Waals surface area (Å²) in [4.78, 5) is 27.6. The second-order valence-corrected chi connectivity index (χ2v) is 8.53. The first-order valence-corrected chi connectivity index (χ1v) is 9.85. The third-order valence-electron chi connectivity index (χ3n) is 5.25. The molecule has 3 fully saturated rings. The molecule has 2 heterocycles. The van der Waals surface area contributed by atoms with E-state index in [2.05, 4.69) is 15.5 Å². The smallest absolute Gasteiger partial charge is 0.261 e. The van der Waals surface area contributed by atoms with Gasteiger partial charge in [-0.2, -0.15) is 0 Å². The van der Waals surface area contributed by atoms with Crippen molar-refractivity contribution < 1.29 is 9.59 Å². The summed E-state index contributed by atoms with van der Waals surface area (Å²) in [7, 11) is 0. The highest BCUT2D eigenvalue weighted by Gasteiger charge is 2.34. The molecule has 24 heavy (non-hydrogen) atoms. The van der Waals surface area contributed by atoms with E-state index in [4.69, 9.17) is 0 Å². The molecule has 130 valence electrons. The highest BCUT2D eigenvalue weighted by atomic mass is 32.1. The number of likely N-dealkylation sites (tertiary alicyclic amines) is 1. The summed E-state index contributed by atoms with van der Waals surface area (Å²) < 4.78 is 0. The quantitative estimate of drug-likeness (QED) is 0.831. The zero-order chi connectivity index (χ0) is 16.7. The summed E-state index contributed by atoms with van der Waals surface area (Å²) in [6, 6.07) is 2.73. The summed E-state index contributed by atoms with van der Waals surface area (Å²) in [5.74, 6) is 0.842. The van der Waals surface area contributed by atoms with Gasteiger partial charge in [0.25, 0.3) is 5.91 Å². The van der Waals surface area contributed by atoms with E-state index >= 15 is 0 Å². The molecule has 0 aromatic carbocycles. The Kier molecular flexibility index (Phi) is 4.35. The first-order chi connectivity index (χ1) is 11.6. The summed E-state index contributed by atoms with van der Waals surface area (Å²) in [6.07, 6.45) is 5.86. The molecule has 1 aliphatic heterocycles. The predicted octanol–water partition coefficient (Wildman–Crippen LogP) is 2.62. The second kappa shape index (κ2) is 6.48. The van der Waals surface area contributed by atoms with Crippen LogP contribution in [0, 0.1) is 18.8 Å². The van der Waals surface area contributed by atoms with Gasteiger partial charge >= 0.3 is 0 Å². The second-order valence-electron chi connectivity index (χ2n) is 7.48. The maximum atomic E-state index is 12.5. The van der Waals surface area contributed by atoms with Gasteiger partial charge in [0.2, 0.25) is 5.91 Å². The zero-order valence-corrected chi connectivity index (χ0v) is 15.0. The van der Waals surface area contributed by atoms with Crippen LogP contribution in [0.15, 0.2) is 6.07 Å². The number of nitrogens with zero attached hydrogens (tertiary/aromatic N) is 1. The first-order valence-electron chi connectivity index (χ1n) is 9.03. The number of aryl methyl sites for hydroxylation is 1. The Labute approximate surface area is 146 Å². The molecule has 0 radical (unpaired) electrons. The molecule has 1 saturated heterocycles. The van der Waals surface area contributed by atoms with Crippen molar-refractivity contribution in [1.82, 2.24) is 10.2 Å². The van der Waals surface area contributed by atoms with Gasteiger partial charge < -0.3 is 15.5 Å². The number of hydrogen-bond donors (Lipinski definition) is 2. The summed E-state index contributed by atoms with van der Waals surface area (Å²) >= 11 is 1.38. The van der Waals surface area contributed by atoms with Gasteiger partial charge in [0.05, 0.1) is 9.88 Å². The van der Waals surface area contributed by atoms with Crippen molar-refractivity contribution in [1.29, 1.82) is 0 Å². The number of carbonyl (C=O) groups excluding carboxylic acids is 2. The van der Waals surface area contributed by atoms with Crippen LogP contribution in [-0.2, 0) is 4.79 Å². The van der Waals surface area contributed by atoms with Crippen LogP contribution in [0.4, 0.5) is 5.00 Å². The van der Waals surface area contributed by atoms with E-state index in [1.165, 1.54) is 37.1 Å². The van der Waals surface area contributed by atoms with Crippen molar-refractivity contribution >= 4 is 28.2 Å². The molecule has 4 rings (SSSR count). The minimum absolute atomic E-state index is 0.00528. The zero-order valence-electron chi connectivity index (χ0n) is 14.1. The number of hydrogen-bond acceptors (Lipinski definition) is 4. The Balaban J connectivity index is 1.29.